The summed E-state index contributed by atoms with van der Waals surface area (Å²) in [4.78, 5) is 18.5. The predicted octanol–water partition coefficient (Wildman–Crippen LogP) is 1.22. The zero-order valence-electron chi connectivity index (χ0n) is 10.8. The largest absolute Gasteiger partial charge is 0.397 e. The van der Waals surface area contributed by atoms with E-state index >= 15 is 0 Å². The molecule has 2 heterocycles. The molecule has 1 aromatic rings. The maximum atomic E-state index is 12.5. The van der Waals surface area contributed by atoms with Crippen LogP contribution in [0.2, 0.25) is 0 Å². The third-order valence-corrected chi connectivity index (χ3v) is 3.30. The summed E-state index contributed by atoms with van der Waals surface area (Å²) >= 11 is 0. The molecule has 5 heteroatoms. The van der Waals surface area contributed by atoms with Gasteiger partial charge in [0.15, 0.2) is 0 Å². The standard InChI is InChI=1S/C13H19N3O2/c1-3-11-8-18-5-4-16(11)13(17)12-6-10(14)7-15-9(12)2/h6-7,11H,3-5,8,14H2,1-2H3. The molecule has 18 heavy (non-hydrogen) atoms. The number of carbonyl (C=O) groups is 1. The number of hydrogen-bond acceptors (Lipinski definition) is 4. The molecule has 1 unspecified atom stereocenters. The fraction of sp³-hybridized carbons (Fsp3) is 0.538. The van der Waals surface area contributed by atoms with Crippen LogP contribution in [0.15, 0.2) is 12.3 Å². The second-order valence-corrected chi connectivity index (χ2v) is 4.54. The first-order valence-electron chi connectivity index (χ1n) is 6.24. The first-order valence-corrected chi connectivity index (χ1v) is 6.24. The highest BCUT2D eigenvalue weighted by Crippen LogP contribution is 2.17. The van der Waals surface area contributed by atoms with Crippen LogP contribution in [0.5, 0.6) is 0 Å². The van der Waals surface area contributed by atoms with Gasteiger partial charge in [0.25, 0.3) is 5.91 Å². The molecule has 1 atom stereocenters. The van der Waals surface area contributed by atoms with Gasteiger partial charge in [0.05, 0.1) is 42.4 Å². The van der Waals surface area contributed by atoms with Gasteiger partial charge in [-0.1, -0.05) is 6.92 Å². The summed E-state index contributed by atoms with van der Waals surface area (Å²) in [5, 5.41) is 0. The molecule has 1 fully saturated rings. The van der Waals surface area contributed by atoms with E-state index < -0.39 is 0 Å². The van der Waals surface area contributed by atoms with Gasteiger partial charge in [-0.15, -0.1) is 0 Å². The van der Waals surface area contributed by atoms with Crippen LogP contribution in [0.3, 0.4) is 0 Å². The number of hydrogen-bond donors (Lipinski definition) is 1. The molecule has 1 amide bonds. The molecule has 0 spiro atoms. The Morgan fingerprint density at radius 2 is 2.44 bits per heavy atom. The van der Waals surface area contributed by atoms with E-state index in [1.807, 2.05) is 11.8 Å². The van der Waals surface area contributed by atoms with Crippen LogP contribution in [0.25, 0.3) is 0 Å². The second kappa shape index (κ2) is 5.35. The number of aryl methyl sites for hydroxylation is 1. The van der Waals surface area contributed by atoms with Gasteiger partial charge >= 0.3 is 0 Å². The molecule has 2 rings (SSSR count). The summed E-state index contributed by atoms with van der Waals surface area (Å²) < 4.78 is 5.41. The minimum Gasteiger partial charge on any atom is -0.397 e. The molecule has 1 aliphatic rings. The SMILES string of the molecule is CCC1COCCN1C(=O)c1cc(N)cnc1C. The Hall–Kier alpha value is -1.62. The molecule has 1 aromatic heterocycles. The first-order chi connectivity index (χ1) is 8.63. The van der Waals surface area contributed by atoms with Crippen molar-refractivity contribution in [2.75, 3.05) is 25.5 Å². The van der Waals surface area contributed by atoms with Crippen molar-refractivity contribution in [3.63, 3.8) is 0 Å². The average Bonchev–Trinajstić information content (AvgIpc) is 2.40. The Kier molecular flexibility index (Phi) is 3.81. The van der Waals surface area contributed by atoms with Gasteiger partial charge in [0, 0.05) is 6.54 Å². The van der Waals surface area contributed by atoms with Crippen LogP contribution >= 0.6 is 0 Å². The number of rotatable bonds is 2. The Bertz CT molecular complexity index is 448. The molecule has 0 saturated carbocycles. The minimum absolute atomic E-state index is 0.00227. The van der Waals surface area contributed by atoms with Crippen molar-refractivity contribution in [2.45, 2.75) is 26.3 Å². The topological polar surface area (TPSA) is 68.5 Å². The molecule has 1 saturated heterocycles. The number of nitrogen functional groups attached to an aromatic ring is 1. The summed E-state index contributed by atoms with van der Waals surface area (Å²) in [5.74, 6) is 0.00227. The highest BCUT2D eigenvalue weighted by molar-refractivity contribution is 5.96. The number of anilines is 1. The Labute approximate surface area is 107 Å². The molecule has 2 N–H and O–H groups in total. The van der Waals surface area contributed by atoms with Crippen molar-refractivity contribution < 1.29 is 9.53 Å². The van der Waals surface area contributed by atoms with Gasteiger partial charge in [-0.3, -0.25) is 9.78 Å². The van der Waals surface area contributed by atoms with Gasteiger partial charge in [0.1, 0.15) is 0 Å². The number of pyridine rings is 1. The van der Waals surface area contributed by atoms with E-state index in [2.05, 4.69) is 11.9 Å². The van der Waals surface area contributed by atoms with E-state index in [-0.39, 0.29) is 11.9 Å². The number of aromatic nitrogens is 1. The van der Waals surface area contributed by atoms with Crippen LogP contribution in [-0.2, 0) is 4.74 Å². The lowest BCUT2D eigenvalue weighted by Crippen LogP contribution is -2.48. The van der Waals surface area contributed by atoms with E-state index in [0.717, 1.165) is 12.1 Å². The first kappa shape index (κ1) is 12.8. The Morgan fingerprint density at radius 3 is 3.17 bits per heavy atom. The molecule has 1 aliphatic heterocycles. The normalized spacial score (nSPS) is 19.9. The summed E-state index contributed by atoms with van der Waals surface area (Å²) in [7, 11) is 0. The molecular weight excluding hydrogens is 230 g/mol. The van der Waals surface area contributed by atoms with Gasteiger partial charge in [-0.25, -0.2) is 0 Å². The lowest BCUT2D eigenvalue weighted by Gasteiger charge is -2.35. The number of morpholine rings is 1. The third-order valence-electron chi connectivity index (χ3n) is 3.30. The molecular formula is C13H19N3O2. The van der Waals surface area contributed by atoms with Gasteiger partial charge < -0.3 is 15.4 Å². The van der Waals surface area contributed by atoms with Crippen molar-refractivity contribution in [1.29, 1.82) is 0 Å². The van der Waals surface area contributed by atoms with E-state index in [1.165, 1.54) is 0 Å². The number of amides is 1. The van der Waals surface area contributed by atoms with Crippen LogP contribution in [-0.4, -0.2) is 41.6 Å². The molecule has 0 radical (unpaired) electrons. The quantitative estimate of drug-likeness (QED) is 0.855. The number of nitrogens with zero attached hydrogens (tertiary/aromatic N) is 2. The second-order valence-electron chi connectivity index (χ2n) is 4.54. The van der Waals surface area contributed by atoms with E-state index in [4.69, 9.17) is 10.5 Å². The van der Waals surface area contributed by atoms with Crippen LogP contribution in [0, 0.1) is 6.92 Å². The van der Waals surface area contributed by atoms with E-state index in [9.17, 15) is 4.79 Å². The lowest BCUT2D eigenvalue weighted by molar-refractivity contribution is -0.00286. The summed E-state index contributed by atoms with van der Waals surface area (Å²) in [5.41, 5.74) is 7.53. The average molecular weight is 249 g/mol. The lowest BCUT2D eigenvalue weighted by atomic mass is 10.1. The Morgan fingerprint density at radius 1 is 1.67 bits per heavy atom. The monoisotopic (exact) mass is 249 g/mol. The molecule has 98 valence electrons. The van der Waals surface area contributed by atoms with Crippen LogP contribution in [0.1, 0.15) is 29.4 Å². The van der Waals surface area contributed by atoms with Gasteiger partial charge in [-0.05, 0) is 19.4 Å². The van der Waals surface area contributed by atoms with Crippen molar-refractivity contribution >= 4 is 11.6 Å². The fourth-order valence-corrected chi connectivity index (χ4v) is 2.18. The number of carbonyl (C=O) groups excluding carboxylic acids is 1. The summed E-state index contributed by atoms with van der Waals surface area (Å²) in [6.45, 7) is 5.72. The van der Waals surface area contributed by atoms with Crippen LogP contribution < -0.4 is 5.73 Å². The van der Waals surface area contributed by atoms with E-state index in [0.29, 0.717) is 31.0 Å². The van der Waals surface area contributed by atoms with E-state index in [1.54, 1.807) is 12.3 Å². The minimum atomic E-state index is 0.00227. The summed E-state index contributed by atoms with van der Waals surface area (Å²) in [6.07, 6.45) is 2.46. The Balaban J connectivity index is 2.26. The third kappa shape index (κ3) is 2.46. The van der Waals surface area contributed by atoms with Crippen molar-refractivity contribution in [3.8, 4) is 0 Å². The number of ether oxygens (including phenoxy) is 1. The maximum Gasteiger partial charge on any atom is 0.256 e. The molecule has 0 aromatic carbocycles. The predicted molar refractivity (Wildman–Crippen MR) is 69.3 cm³/mol. The zero-order chi connectivity index (χ0) is 13.1. The number of nitrogens with two attached hydrogens (primary N) is 1. The highest BCUT2D eigenvalue weighted by Gasteiger charge is 2.27. The zero-order valence-corrected chi connectivity index (χ0v) is 10.8. The molecule has 0 aliphatic carbocycles. The molecule has 0 bridgehead atoms. The maximum absolute atomic E-state index is 12.5. The molecule has 5 nitrogen and oxygen atoms in total. The van der Waals surface area contributed by atoms with Crippen LogP contribution in [0.4, 0.5) is 5.69 Å². The van der Waals surface area contributed by atoms with Gasteiger partial charge in [-0.2, -0.15) is 0 Å². The highest BCUT2D eigenvalue weighted by atomic mass is 16.5. The van der Waals surface area contributed by atoms with Crippen molar-refractivity contribution in [2.24, 2.45) is 0 Å². The van der Waals surface area contributed by atoms with Crippen molar-refractivity contribution in [3.05, 3.63) is 23.5 Å². The fourth-order valence-electron chi connectivity index (χ4n) is 2.18. The van der Waals surface area contributed by atoms with Crippen molar-refractivity contribution in [1.82, 2.24) is 9.88 Å². The smallest absolute Gasteiger partial charge is 0.256 e. The summed E-state index contributed by atoms with van der Waals surface area (Å²) in [6, 6.07) is 1.85. The van der Waals surface area contributed by atoms with Gasteiger partial charge in [0.2, 0.25) is 0 Å².